The van der Waals surface area contributed by atoms with Crippen LogP contribution in [0.3, 0.4) is 0 Å². The zero-order valence-corrected chi connectivity index (χ0v) is 13.7. The Kier molecular flexibility index (Phi) is 5.03. The fraction of sp³-hybridized carbons (Fsp3) is 0.222. The van der Waals surface area contributed by atoms with E-state index in [-0.39, 0.29) is 12.1 Å². The first-order valence-electron chi connectivity index (χ1n) is 7.90. The average molecular weight is 341 g/mol. The van der Waals surface area contributed by atoms with E-state index in [9.17, 15) is 9.59 Å². The zero-order valence-electron chi connectivity index (χ0n) is 13.7. The van der Waals surface area contributed by atoms with Gasteiger partial charge in [0.2, 0.25) is 0 Å². The summed E-state index contributed by atoms with van der Waals surface area (Å²) in [6.45, 7) is 0.565. The quantitative estimate of drug-likeness (QED) is 0.797. The van der Waals surface area contributed by atoms with E-state index in [4.69, 9.17) is 4.74 Å². The number of carbonyl (C=O) groups excluding carboxylic acids is 2. The highest BCUT2D eigenvalue weighted by molar-refractivity contribution is 5.90. The molecule has 7 heteroatoms. The number of anilines is 2. The number of benzene rings is 2. The molecule has 0 aromatic heterocycles. The van der Waals surface area contributed by atoms with Crippen LogP contribution in [0.1, 0.15) is 18.0 Å². The predicted octanol–water partition coefficient (Wildman–Crippen LogP) is 3.51. The SMILES string of the molecule is COC(=O)Nc1ccc(NC(=O)N[C@H]2CCOc3ccccc32)cc1. The minimum atomic E-state index is -0.545. The average Bonchev–Trinajstić information content (AvgIpc) is 2.63. The number of fused-ring (bicyclic) bond motifs is 1. The normalized spacial score (nSPS) is 15.3. The van der Waals surface area contributed by atoms with Gasteiger partial charge in [0.05, 0.1) is 19.8 Å². The fourth-order valence-electron chi connectivity index (χ4n) is 2.62. The summed E-state index contributed by atoms with van der Waals surface area (Å²) in [4.78, 5) is 23.4. The predicted molar refractivity (Wildman–Crippen MR) is 93.9 cm³/mol. The second-order valence-corrected chi connectivity index (χ2v) is 5.52. The number of hydrogen-bond donors (Lipinski definition) is 3. The Morgan fingerprint density at radius 2 is 1.72 bits per heavy atom. The molecule has 1 heterocycles. The van der Waals surface area contributed by atoms with Gasteiger partial charge in [-0.25, -0.2) is 9.59 Å². The number of ether oxygens (including phenoxy) is 2. The lowest BCUT2D eigenvalue weighted by Crippen LogP contribution is -2.35. The second-order valence-electron chi connectivity index (χ2n) is 5.52. The Morgan fingerprint density at radius 1 is 1.04 bits per heavy atom. The Bertz CT molecular complexity index is 761. The monoisotopic (exact) mass is 341 g/mol. The third-order valence-electron chi connectivity index (χ3n) is 3.84. The molecule has 2 aromatic carbocycles. The Labute approximate surface area is 145 Å². The molecule has 0 fully saturated rings. The molecular weight excluding hydrogens is 322 g/mol. The number of rotatable bonds is 3. The lowest BCUT2D eigenvalue weighted by Gasteiger charge is -2.26. The summed E-state index contributed by atoms with van der Waals surface area (Å²) in [5.74, 6) is 0.803. The van der Waals surface area contributed by atoms with E-state index < -0.39 is 6.09 Å². The van der Waals surface area contributed by atoms with Crippen LogP contribution in [0.15, 0.2) is 48.5 Å². The van der Waals surface area contributed by atoms with Gasteiger partial charge in [-0.1, -0.05) is 18.2 Å². The molecule has 0 spiro atoms. The van der Waals surface area contributed by atoms with Gasteiger partial charge in [-0.2, -0.15) is 0 Å². The number of urea groups is 1. The smallest absolute Gasteiger partial charge is 0.411 e. The zero-order chi connectivity index (χ0) is 17.6. The summed E-state index contributed by atoms with van der Waals surface area (Å²) < 4.78 is 10.1. The van der Waals surface area contributed by atoms with Gasteiger partial charge >= 0.3 is 12.1 Å². The van der Waals surface area contributed by atoms with Gasteiger partial charge in [0, 0.05) is 23.4 Å². The highest BCUT2D eigenvalue weighted by Crippen LogP contribution is 2.31. The number of para-hydroxylation sites is 1. The van der Waals surface area contributed by atoms with E-state index >= 15 is 0 Å². The van der Waals surface area contributed by atoms with E-state index in [2.05, 4.69) is 20.7 Å². The van der Waals surface area contributed by atoms with Crippen molar-refractivity contribution in [3.05, 3.63) is 54.1 Å². The van der Waals surface area contributed by atoms with Gasteiger partial charge in [-0.15, -0.1) is 0 Å². The van der Waals surface area contributed by atoms with Crippen molar-refractivity contribution in [3.63, 3.8) is 0 Å². The minimum Gasteiger partial charge on any atom is -0.493 e. The topological polar surface area (TPSA) is 88.7 Å². The van der Waals surface area contributed by atoms with E-state index in [1.54, 1.807) is 24.3 Å². The molecule has 3 rings (SSSR count). The maximum absolute atomic E-state index is 12.2. The first-order valence-corrected chi connectivity index (χ1v) is 7.90. The number of amides is 3. The van der Waals surface area contributed by atoms with Crippen molar-refractivity contribution in [2.45, 2.75) is 12.5 Å². The molecule has 0 saturated carbocycles. The van der Waals surface area contributed by atoms with Crippen LogP contribution in [-0.4, -0.2) is 25.8 Å². The maximum atomic E-state index is 12.2. The molecule has 1 aliphatic rings. The molecule has 0 saturated heterocycles. The van der Waals surface area contributed by atoms with Crippen LogP contribution < -0.4 is 20.7 Å². The van der Waals surface area contributed by atoms with E-state index in [1.807, 2.05) is 24.3 Å². The molecule has 3 amide bonds. The maximum Gasteiger partial charge on any atom is 0.411 e. The first-order chi connectivity index (χ1) is 12.2. The van der Waals surface area contributed by atoms with Gasteiger partial charge in [-0.3, -0.25) is 5.32 Å². The van der Waals surface area contributed by atoms with Crippen molar-refractivity contribution < 1.29 is 19.1 Å². The van der Waals surface area contributed by atoms with Crippen LogP contribution in [0.25, 0.3) is 0 Å². The van der Waals surface area contributed by atoms with Gasteiger partial charge in [0.25, 0.3) is 0 Å². The van der Waals surface area contributed by atoms with E-state index in [1.165, 1.54) is 7.11 Å². The van der Waals surface area contributed by atoms with Crippen LogP contribution in [-0.2, 0) is 4.74 Å². The summed E-state index contributed by atoms with van der Waals surface area (Å²) in [6, 6.07) is 14.0. The number of nitrogens with one attached hydrogen (secondary N) is 3. The highest BCUT2D eigenvalue weighted by atomic mass is 16.5. The Balaban J connectivity index is 1.59. The molecule has 0 radical (unpaired) electrons. The van der Waals surface area contributed by atoms with Crippen molar-refractivity contribution in [1.29, 1.82) is 0 Å². The van der Waals surface area contributed by atoms with Crippen LogP contribution in [0.5, 0.6) is 5.75 Å². The van der Waals surface area contributed by atoms with E-state index in [0.717, 1.165) is 11.3 Å². The minimum absolute atomic E-state index is 0.0924. The van der Waals surface area contributed by atoms with Crippen molar-refractivity contribution in [2.75, 3.05) is 24.4 Å². The molecule has 3 N–H and O–H groups in total. The number of hydrogen-bond acceptors (Lipinski definition) is 4. The molecule has 0 bridgehead atoms. The second kappa shape index (κ2) is 7.57. The summed E-state index contributed by atoms with van der Waals surface area (Å²) in [5, 5.41) is 8.28. The van der Waals surface area contributed by atoms with Crippen molar-refractivity contribution in [3.8, 4) is 5.75 Å². The standard InChI is InChI=1S/C18H19N3O4/c1-24-18(23)20-13-8-6-12(7-9-13)19-17(22)21-15-10-11-25-16-5-3-2-4-14(15)16/h2-9,15H,10-11H2,1H3,(H,20,23)(H2,19,21,22)/t15-/m0/s1. The number of carbonyl (C=O) groups is 2. The molecule has 130 valence electrons. The molecule has 0 unspecified atom stereocenters. The molecule has 1 atom stereocenters. The third-order valence-corrected chi connectivity index (χ3v) is 3.84. The Morgan fingerprint density at radius 3 is 2.44 bits per heavy atom. The van der Waals surface area contributed by atoms with Crippen LogP contribution in [0.4, 0.5) is 21.0 Å². The molecule has 0 aliphatic carbocycles. The molecule has 2 aromatic rings. The van der Waals surface area contributed by atoms with Crippen molar-refractivity contribution in [1.82, 2.24) is 5.32 Å². The lowest BCUT2D eigenvalue weighted by molar-refractivity contribution is 0.187. The third kappa shape index (κ3) is 4.20. The molecule has 1 aliphatic heterocycles. The molecule has 7 nitrogen and oxygen atoms in total. The molecular formula is C18H19N3O4. The van der Waals surface area contributed by atoms with E-state index in [0.29, 0.717) is 24.4 Å². The summed E-state index contributed by atoms with van der Waals surface area (Å²) in [6.07, 6.45) is 0.170. The first kappa shape index (κ1) is 16.6. The van der Waals surface area contributed by atoms with Crippen LogP contribution >= 0.6 is 0 Å². The van der Waals surface area contributed by atoms with Crippen molar-refractivity contribution >= 4 is 23.5 Å². The van der Waals surface area contributed by atoms with Crippen LogP contribution in [0.2, 0.25) is 0 Å². The van der Waals surface area contributed by atoms with Crippen molar-refractivity contribution in [2.24, 2.45) is 0 Å². The van der Waals surface area contributed by atoms with Gasteiger partial charge in [0.15, 0.2) is 0 Å². The van der Waals surface area contributed by atoms with Gasteiger partial charge in [0.1, 0.15) is 5.75 Å². The summed E-state index contributed by atoms with van der Waals surface area (Å²) >= 11 is 0. The van der Waals surface area contributed by atoms with Crippen LogP contribution in [0, 0.1) is 0 Å². The highest BCUT2D eigenvalue weighted by Gasteiger charge is 2.22. The summed E-state index contributed by atoms with van der Waals surface area (Å²) in [5.41, 5.74) is 2.17. The Hall–Kier alpha value is -3.22. The lowest BCUT2D eigenvalue weighted by atomic mass is 10.0. The molecule has 25 heavy (non-hydrogen) atoms. The largest absolute Gasteiger partial charge is 0.493 e. The number of methoxy groups -OCH3 is 1. The van der Waals surface area contributed by atoms with Gasteiger partial charge < -0.3 is 20.1 Å². The summed E-state index contributed by atoms with van der Waals surface area (Å²) in [7, 11) is 1.30. The fourth-order valence-corrected chi connectivity index (χ4v) is 2.62. The van der Waals surface area contributed by atoms with Gasteiger partial charge in [-0.05, 0) is 30.3 Å².